The average molecular weight is 248 g/mol. The van der Waals surface area contributed by atoms with Gasteiger partial charge < -0.3 is 15.7 Å². The van der Waals surface area contributed by atoms with E-state index < -0.39 is 5.60 Å². The van der Waals surface area contributed by atoms with Crippen LogP contribution >= 0.6 is 0 Å². The first-order valence-electron chi connectivity index (χ1n) is 6.63. The molecule has 1 aromatic rings. The van der Waals surface area contributed by atoms with Crippen LogP contribution in [0.5, 0.6) is 0 Å². The minimum Gasteiger partial charge on any atom is -0.389 e. The summed E-state index contributed by atoms with van der Waals surface area (Å²) in [7, 11) is 0. The Balaban J connectivity index is 2.10. The van der Waals surface area contributed by atoms with E-state index in [1.165, 1.54) is 16.8 Å². The van der Waals surface area contributed by atoms with E-state index in [1.807, 2.05) is 27.7 Å². The van der Waals surface area contributed by atoms with Crippen LogP contribution in [-0.2, 0) is 13.0 Å². The van der Waals surface area contributed by atoms with Crippen molar-refractivity contribution in [1.82, 2.24) is 5.32 Å². The smallest absolute Gasteiger partial charge is 0.0767 e. The number of anilines is 1. The van der Waals surface area contributed by atoms with Crippen molar-refractivity contribution in [2.75, 3.05) is 11.9 Å². The normalized spacial score (nSPS) is 15.4. The lowest BCUT2D eigenvalue weighted by Gasteiger charge is -2.38. The second-order valence-corrected chi connectivity index (χ2v) is 6.17. The van der Waals surface area contributed by atoms with Crippen molar-refractivity contribution in [1.29, 1.82) is 0 Å². The first kappa shape index (κ1) is 13.4. The highest BCUT2D eigenvalue weighted by molar-refractivity contribution is 5.61. The molecule has 0 saturated heterocycles. The van der Waals surface area contributed by atoms with Crippen molar-refractivity contribution < 1.29 is 5.11 Å². The van der Waals surface area contributed by atoms with Gasteiger partial charge in [-0.1, -0.05) is 18.2 Å². The van der Waals surface area contributed by atoms with Gasteiger partial charge in [0.1, 0.15) is 0 Å². The maximum atomic E-state index is 10.1. The van der Waals surface area contributed by atoms with E-state index in [2.05, 4.69) is 28.8 Å². The van der Waals surface area contributed by atoms with Gasteiger partial charge in [0.15, 0.2) is 0 Å². The van der Waals surface area contributed by atoms with Crippen LogP contribution in [0, 0.1) is 0 Å². The Hall–Kier alpha value is -1.06. The molecule has 2 rings (SSSR count). The molecule has 1 aliphatic heterocycles. The van der Waals surface area contributed by atoms with Crippen molar-refractivity contribution in [2.24, 2.45) is 0 Å². The highest BCUT2D eigenvalue weighted by Gasteiger charge is 2.34. The van der Waals surface area contributed by atoms with Gasteiger partial charge >= 0.3 is 0 Å². The van der Waals surface area contributed by atoms with Gasteiger partial charge in [-0.2, -0.15) is 0 Å². The summed E-state index contributed by atoms with van der Waals surface area (Å²) >= 11 is 0. The summed E-state index contributed by atoms with van der Waals surface area (Å²) in [5.74, 6) is 0. The lowest BCUT2D eigenvalue weighted by molar-refractivity contribution is -0.00529. The summed E-state index contributed by atoms with van der Waals surface area (Å²) in [5.41, 5.74) is 2.88. The summed E-state index contributed by atoms with van der Waals surface area (Å²) in [4.78, 5) is 0. The molecule has 3 N–H and O–H groups in total. The largest absolute Gasteiger partial charge is 0.389 e. The third-order valence-corrected chi connectivity index (χ3v) is 4.18. The number of rotatable bonds is 4. The molecule has 1 aliphatic rings. The second-order valence-electron chi connectivity index (χ2n) is 6.17. The van der Waals surface area contributed by atoms with Crippen LogP contribution in [-0.4, -0.2) is 22.8 Å². The zero-order valence-corrected chi connectivity index (χ0v) is 11.8. The minimum atomic E-state index is -0.752. The molecule has 0 radical (unpaired) electrons. The maximum Gasteiger partial charge on any atom is 0.0767 e. The number of para-hydroxylation sites is 1. The highest BCUT2D eigenvalue weighted by Crippen LogP contribution is 2.27. The van der Waals surface area contributed by atoms with Gasteiger partial charge in [0.2, 0.25) is 0 Å². The van der Waals surface area contributed by atoms with Gasteiger partial charge in [-0.25, -0.2) is 0 Å². The Labute approximate surface area is 110 Å². The quantitative estimate of drug-likeness (QED) is 0.766. The van der Waals surface area contributed by atoms with E-state index in [0.29, 0.717) is 0 Å². The molecule has 18 heavy (non-hydrogen) atoms. The molecule has 0 saturated carbocycles. The Morgan fingerprint density at radius 2 is 2.00 bits per heavy atom. The number of benzene rings is 1. The molecule has 0 bridgehead atoms. The van der Waals surface area contributed by atoms with Gasteiger partial charge in [0.05, 0.1) is 5.60 Å². The zero-order valence-electron chi connectivity index (χ0n) is 11.8. The van der Waals surface area contributed by atoms with Crippen LogP contribution in [0.15, 0.2) is 18.2 Å². The van der Waals surface area contributed by atoms with Crippen molar-refractivity contribution >= 4 is 5.69 Å². The molecule has 1 heterocycles. The summed E-state index contributed by atoms with van der Waals surface area (Å²) in [5, 5.41) is 17.0. The van der Waals surface area contributed by atoms with Crippen LogP contribution in [0.25, 0.3) is 0 Å². The fraction of sp³-hybridized carbons (Fsp3) is 0.600. The lowest BCUT2D eigenvalue weighted by atomic mass is 9.86. The standard InChI is InChI=1S/C15H24N2O/c1-14(2,15(3,4)18)17-10-12-7-5-6-11-8-9-16-13(11)12/h5-7,16-18H,8-10H2,1-4H3. The number of hydrogen-bond acceptors (Lipinski definition) is 3. The van der Waals surface area contributed by atoms with Crippen LogP contribution < -0.4 is 10.6 Å². The molecule has 0 unspecified atom stereocenters. The fourth-order valence-corrected chi connectivity index (χ4v) is 2.09. The highest BCUT2D eigenvalue weighted by atomic mass is 16.3. The van der Waals surface area contributed by atoms with Gasteiger partial charge in [-0.15, -0.1) is 0 Å². The molecule has 3 heteroatoms. The number of nitrogens with one attached hydrogen (secondary N) is 2. The van der Waals surface area contributed by atoms with Crippen molar-refractivity contribution in [3.05, 3.63) is 29.3 Å². The van der Waals surface area contributed by atoms with E-state index in [4.69, 9.17) is 0 Å². The predicted octanol–water partition coefficient (Wildman–Crippen LogP) is 2.29. The molecule has 0 aliphatic carbocycles. The maximum absolute atomic E-state index is 10.1. The van der Waals surface area contributed by atoms with Crippen molar-refractivity contribution in [3.63, 3.8) is 0 Å². The zero-order chi connectivity index (χ0) is 13.4. The minimum absolute atomic E-state index is 0.325. The number of hydrogen-bond donors (Lipinski definition) is 3. The first-order valence-corrected chi connectivity index (χ1v) is 6.63. The summed E-state index contributed by atoms with van der Waals surface area (Å²) < 4.78 is 0. The lowest BCUT2D eigenvalue weighted by Crippen LogP contribution is -2.55. The molecule has 0 fully saturated rings. The van der Waals surface area contributed by atoms with Crippen LogP contribution in [0.2, 0.25) is 0 Å². The van der Waals surface area contributed by atoms with E-state index in [1.54, 1.807) is 0 Å². The van der Waals surface area contributed by atoms with Crippen LogP contribution in [0.1, 0.15) is 38.8 Å². The molecular weight excluding hydrogens is 224 g/mol. The molecule has 1 aromatic carbocycles. The van der Waals surface area contributed by atoms with E-state index in [0.717, 1.165) is 19.5 Å². The summed E-state index contributed by atoms with van der Waals surface area (Å²) in [6.45, 7) is 9.54. The Kier molecular flexibility index (Phi) is 3.39. The number of aliphatic hydroxyl groups is 1. The van der Waals surface area contributed by atoms with Gasteiger partial charge in [-0.05, 0) is 45.2 Å². The molecule has 100 valence electrons. The predicted molar refractivity (Wildman–Crippen MR) is 75.9 cm³/mol. The third-order valence-electron chi connectivity index (χ3n) is 4.18. The molecule has 0 aromatic heterocycles. The topological polar surface area (TPSA) is 44.3 Å². The van der Waals surface area contributed by atoms with Crippen LogP contribution in [0.4, 0.5) is 5.69 Å². The molecule has 0 atom stereocenters. The molecule has 0 amide bonds. The van der Waals surface area contributed by atoms with Gasteiger partial charge in [0, 0.05) is 24.3 Å². The average Bonchev–Trinajstić information content (AvgIpc) is 2.73. The monoisotopic (exact) mass is 248 g/mol. The Bertz CT molecular complexity index is 433. The van der Waals surface area contributed by atoms with Crippen LogP contribution in [0.3, 0.4) is 0 Å². The van der Waals surface area contributed by atoms with E-state index >= 15 is 0 Å². The first-order chi connectivity index (χ1) is 8.31. The van der Waals surface area contributed by atoms with E-state index in [-0.39, 0.29) is 5.54 Å². The Morgan fingerprint density at radius 3 is 2.67 bits per heavy atom. The molecule has 3 nitrogen and oxygen atoms in total. The Morgan fingerprint density at radius 1 is 1.28 bits per heavy atom. The molecular formula is C15H24N2O. The van der Waals surface area contributed by atoms with Gasteiger partial charge in [-0.3, -0.25) is 0 Å². The second kappa shape index (κ2) is 4.56. The fourth-order valence-electron chi connectivity index (χ4n) is 2.09. The molecule has 0 spiro atoms. The van der Waals surface area contributed by atoms with Gasteiger partial charge in [0.25, 0.3) is 0 Å². The summed E-state index contributed by atoms with van der Waals surface area (Å²) in [6, 6.07) is 6.44. The SMILES string of the molecule is CC(C)(O)C(C)(C)NCc1cccc2c1NCC2. The number of fused-ring (bicyclic) bond motifs is 1. The van der Waals surface area contributed by atoms with Crippen molar-refractivity contribution in [3.8, 4) is 0 Å². The third kappa shape index (κ3) is 2.52. The summed E-state index contributed by atoms with van der Waals surface area (Å²) in [6.07, 6.45) is 1.11. The van der Waals surface area contributed by atoms with Crippen molar-refractivity contribution in [2.45, 2.75) is 51.8 Å². The van der Waals surface area contributed by atoms with E-state index in [9.17, 15) is 5.11 Å².